The van der Waals surface area contributed by atoms with Gasteiger partial charge in [-0.3, -0.25) is 0 Å². The van der Waals surface area contributed by atoms with E-state index in [1.54, 1.807) is 0 Å². The van der Waals surface area contributed by atoms with Crippen LogP contribution in [0.3, 0.4) is 0 Å². The molecule has 0 radical (unpaired) electrons. The van der Waals surface area contributed by atoms with Crippen molar-refractivity contribution in [1.29, 1.82) is 0 Å². The van der Waals surface area contributed by atoms with Gasteiger partial charge in [-0.15, -0.1) is 11.3 Å². The molecule has 0 amide bonds. The Hall–Kier alpha value is 0.280. The van der Waals surface area contributed by atoms with Crippen molar-refractivity contribution in [2.24, 2.45) is 0 Å². The normalized spacial score (nSPS) is 10.2. The Morgan fingerprint density at radius 3 is 1.89 bits per heavy atom. The summed E-state index contributed by atoms with van der Waals surface area (Å²) in [6, 6.07) is 0. The zero-order valence-corrected chi connectivity index (χ0v) is 7.49. The van der Waals surface area contributed by atoms with Crippen LogP contribution in [0.2, 0.25) is 9.36 Å². The van der Waals surface area contributed by atoms with Gasteiger partial charge in [0.2, 0.25) is 0 Å². The average molecular weight is 181 g/mol. The van der Waals surface area contributed by atoms with E-state index in [9.17, 15) is 0 Å². The van der Waals surface area contributed by atoms with E-state index in [0.29, 0.717) is 0 Å². The first-order chi connectivity index (χ1) is 4.13. The molecule has 0 saturated carbocycles. The van der Waals surface area contributed by atoms with Crippen LogP contribution in [0, 0.1) is 13.8 Å². The summed E-state index contributed by atoms with van der Waals surface area (Å²) in [4.78, 5) is 1.10. The minimum absolute atomic E-state index is 0.803. The average Bonchev–Trinajstić information content (AvgIpc) is 1.98. The molecule has 0 aliphatic heterocycles. The van der Waals surface area contributed by atoms with Gasteiger partial charge in [0, 0.05) is 4.88 Å². The van der Waals surface area contributed by atoms with Crippen molar-refractivity contribution in [3.05, 3.63) is 19.8 Å². The first kappa shape index (κ1) is 7.39. The fraction of sp³-hybridized carbons (Fsp3) is 0.333. The van der Waals surface area contributed by atoms with Crippen LogP contribution in [0.25, 0.3) is 0 Å². The summed E-state index contributed by atoms with van der Waals surface area (Å²) >= 11 is 13.1. The minimum atomic E-state index is 0.803. The molecule has 1 aromatic rings. The van der Waals surface area contributed by atoms with Gasteiger partial charge in [0.05, 0.1) is 9.36 Å². The molecule has 9 heavy (non-hydrogen) atoms. The lowest BCUT2D eigenvalue weighted by molar-refractivity contribution is 1.51. The number of hydrogen-bond donors (Lipinski definition) is 0. The summed E-state index contributed by atoms with van der Waals surface area (Å²) in [6.45, 7) is 3.89. The highest BCUT2D eigenvalue weighted by Crippen LogP contribution is 2.34. The van der Waals surface area contributed by atoms with Gasteiger partial charge in [-0.25, -0.2) is 0 Å². The Kier molecular flexibility index (Phi) is 2.04. The molecule has 0 aromatic carbocycles. The molecule has 0 fully saturated rings. The number of thiophene rings is 1. The summed E-state index contributed by atoms with van der Waals surface area (Å²) in [5, 5.41) is 0.810. The summed E-state index contributed by atoms with van der Waals surface area (Å²) in [5.41, 5.74) is 1.00. The molecule has 1 heterocycles. The second-order valence-electron chi connectivity index (χ2n) is 1.87. The summed E-state index contributed by atoms with van der Waals surface area (Å²) in [6.07, 6.45) is 0. The molecule has 0 aliphatic carbocycles. The second-order valence-corrected chi connectivity index (χ2v) is 4.08. The third kappa shape index (κ3) is 1.23. The number of halogens is 2. The smallest absolute Gasteiger partial charge is 0.0975 e. The molecule has 0 saturated heterocycles. The van der Waals surface area contributed by atoms with E-state index in [2.05, 4.69) is 0 Å². The van der Waals surface area contributed by atoms with Crippen LogP contribution in [0.15, 0.2) is 0 Å². The first-order valence-electron chi connectivity index (χ1n) is 2.54. The molecule has 0 aliphatic rings. The molecule has 0 bridgehead atoms. The van der Waals surface area contributed by atoms with Gasteiger partial charge in [0.25, 0.3) is 0 Å². The van der Waals surface area contributed by atoms with Crippen molar-refractivity contribution >= 4 is 34.5 Å². The van der Waals surface area contributed by atoms with Crippen LogP contribution in [0.5, 0.6) is 0 Å². The van der Waals surface area contributed by atoms with Crippen molar-refractivity contribution in [1.82, 2.24) is 0 Å². The van der Waals surface area contributed by atoms with Gasteiger partial charge >= 0.3 is 0 Å². The van der Waals surface area contributed by atoms with Crippen LogP contribution >= 0.6 is 34.5 Å². The Morgan fingerprint density at radius 1 is 1.22 bits per heavy atom. The van der Waals surface area contributed by atoms with Crippen molar-refractivity contribution in [2.75, 3.05) is 0 Å². The summed E-state index contributed by atoms with van der Waals surface area (Å²) in [5.74, 6) is 0. The zero-order valence-electron chi connectivity index (χ0n) is 5.16. The highest BCUT2D eigenvalue weighted by Gasteiger charge is 2.06. The third-order valence-electron chi connectivity index (χ3n) is 1.18. The van der Waals surface area contributed by atoms with E-state index in [4.69, 9.17) is 23.2 Å². The van der Waals surface area contributed by atoms with E-state index in [1.807, 2.05) is 13.8 Å². The van der Waals surface area contributed by atoms with Crippen LogP contribution in [-0.4, -0.2) is 0 Å². The molecule has 0 nitrogen and oxygen atoms in total. The highest BCUT2D eigenvalue weighted by molar-refractivity contribution is 7.16. The predicted molar refractivity (Wildman–Crippen MR) is 43.8 cm³/mol. The maximum absolute atomic E-state index is 5.82. The van der Waals surface area contributed by atoms with Gasteiger partial charge in [0.1, 0.15) is 0 Å². The summed E-state index contributed by atoms with van der Waals surface area (Å²) < 4.78 is 0.803. The molecule has 0 spiro atoms. The number of aryl methyl sites for hydroxylation is 1. The van der Waals surface area contributed by atoms with Crippen LogP contribution in [0.4, 0.5) is 0 Å². The van der Waals surface area contributed by atoms with Gasteiger partial charge < -0.3 is 0 Å². The lowest BCUT2D eigenvalue weighted by Crippen LogP contribution is -1.64. The number of rotatable bonds is 0. The molecule has 1 rings (SSSR count). The highest BCUT2D eigenvalue weighted by atomic mass is 35.5. The fourth-order valence-corrected chi connectivity index (χ4v) is 2.13. The standard InChI is InChI=1S/C6H6Cl2S/c1-3-5(7)4(2)9-6(3)8/h1-2H3. The van der Waals surface area contributed by atoms with E-state index < -0.39 is 0 Å². The molecule has 50 valence electrons. The molecular weight excluding hydrogens is 175 g/mol. The third-order valence-corrected chi connectivity index (χ3v) is 3.37. The van der Waals surface area contributed by atoms with Crippen LogP contribution < -0.4 is 0 Å². The van der Waals surface area contributed by atoms with E-state index in [1.165, 1.54) is 11.3 Å². The number of hydrogen-bond acceptors (Lipinski definition) is 1. The largest absolute Gasteiger partial charge is 0.127 e. The van der Waals surface area contributed by atoms with Crippen molar-refractivity contribution in [2.45, 2.75) is 13.8 Å². The van der Waals surface area contributed by atoms with Gasteiger partial charge in [-0.05, 0) is 19.4 Å². The molecule has 1 aromatic heterocycles. The van der Waals surface area contributed by atoms with E-state index in [-0.39, 0.29) is 0 Å². The van der Waals surface area contributed by atoms with E-state index >= 15 is 0 Å². The van der Waals surface area contributed by atoms with Gasteiger partial charge in [-0.2, -0.15) is 0 Å². The fourth-order valence-electron chi connectivity index (χ4n) is 0.606. The predicted octanol–water partition coefficient (Wildman–Crippen LogP) is 3.67. The Labute approximate surface area is 68.4 Å². The lowest BCUT2D eigenvalue weighted by Gasteiger charge is -1.84. The molecule has 3 heteroatoms. The van der Waals surface area contributed by atoms with Crippen molar-refractivity contribution in [3.8, 4) is 0 Å². The van der Waals surface area contributed by atoms with Crippen LogP contribution in [0.1, 0.15) is 10.4 Å². The van der Waals surface area contributed by atoms with Gasteiger partial charge in [-0.1, -0.05) is 23.2 Å². The second kappa shape index (κ2) is 2.49. The zero-order chi connectivity index (χ0) is 7.02. The maximum Gasteiger partial charge on any atom is 0.0975 e. The SMILES string of the molecule is Cc1sc(Cl)c(C)c1Cl. The lowest BCUT2D eigenvalue weighted by atomic mass is 10.3. The monoisotopic (exact) mass is 180 g/mol. The topological polar surface area (TPSA) is 0 Å². The Bertz CT molecular complexity index is 205. The van der Waals surface area contributed by atoms with Crippen molar-refractivity contribution in [3.63, 3.8) is 0 Å². The van der Waals surface area contributed by atoms with Crippen molar-refractivity contribution < 1.29 is 0 Å². The van der Waals surface area contributed by atoms with Gasteiger partial charge in [0.15, 0.2) is 0 Å². The first-order valence-corrected chi connectivity index (χ1v) is 4.11. The van der Waals surface area contributed by atoms with Crippen LogP contribution in [-0.2, 0) is 0 Å². The van der Waals surface area contributed by atoms with E-state index in [0.717, 1.165) is 19.8 Å². The maximum atomic E-state index is 5.82. The Balaban J connectivity index is 3.29. The molecule has 0 unspecified atom stereocenters. The molecule has 0 N–H and O–H groups in total. The summed E-state index contributed by atoms with van der Waals surface area (Å²) in [7, 11) is 0. The molecule has 0 atom stereocenters. The quantitative estimate of drug-likeness (QED) is 0.572. The molecular formula is C6H6Cl2S. The Morgan fingerprint density at radius 2 is 1.78 bits per heavy atom. The minimum Gasteiger partial charge on any atom is -0.127 e.